The van der Waals surface area contributed by atoms with E-state index < -0.39 is 0 Å². The maximum absolute atomic E-state index is 9.27. The standard InChI is InChI=1S/C11H17NO2/c1-11(2,3)14-10-6-5-8(13)7-9(10)12-4/h5-7,12-13H,1-4H3. The minimum Gasteiger partial charge on any atom is -0.508 e. The molecule has 0 aromatic heterocycles. The second-order valence-electron chi connectivity index (χ2n) is 4.14. The van der Waals surface area contributed by atoms with E-state index in [1.807, 2.05) is 20.8 Å². The van der Waals surface area contributed by atoms with E-state index in [4.69, 9.17) is 4.74 Å². The highest BCUT2D eigenvalue weighted by Crippen LogP contribution is 2.30. The van der Waals surface area contributed by atoms with Gasteiger partial charge in [0.15, 0.2) is 0 Å². The molecule has 0 atom stereocenters. The summed E-state index contributed by atoms with van der Waals surface area (Å²) in [6.45, 7) is 5.96. The first-order valence-corrected chi connectivity index (χ1v) is 4.62. The minimum atomic E-state index is -0.234. The summed E-state index contributed by atoms with van der Waals surface area (Å²) in [6.07, 6.45) is 0. The predicted molar refractivity (Wildman–Crippen MR) is 58.0 cm³/mol. The SMILES string of the molecule is CNc1cc(O)ccc1OC(C)(C)C. The van der Waals surface area contributed by atoms with E-state index in [-0.39, 0.29) is 11.4 Å². The first-order valence-electron chi connectivity index (χ1n) is 4.62. The lowest BCUT2D eigenvalue weighted by Crippen LogP contribution is -2.23. The summed E-state index contributed by atoms with van der Waals surface area (Å²) in [7, 11) is 1.80. The molecule has 0 spiro atoms. The lowest BCUT2D eigenvalue weighted by Gasteiger charge is -2.23. The van der Waals surface area contributed by atoms with E-state index in [0.29, 0.717) is 0 Å². The van der Waals surface area contributed by atoms with Crippen LogP contribution in [0.2, 0.25) is 0 Å². The zero-order valence-electron chi connectivity index (χ0n) is 9.09. The molecule has 78 valence electrons. The smallest absolute Gasteiger partial charge is 0.143 e. The summed E-state index contributed by atoms with van der Waals surface area (Å²) in [5.41, 5.74) is 0.558. The number of phenolic OH excluding ortho intramolecular Hbond substituents is 1. The number of aromatic hydroxyl groups is 1. The molecule has 1 aromatic rings. The largest absolute Gasteiger partial charge is 0.508 e. The van der Waals surface area contributed by atoms with Crippen molar-refractivity contribution in [1.29, 1.82) is 0 Å². The summed E-state index contributed by atoms with van der Waals surface area (Å²) >= 11 is 0. The molecule has 0 amide bonds. The Hall–Kier alpha value is -1.38. The number of hydrogen-bond donors (Lipinski definition) is 2. The van der Waals surface area contributed by atoms with Crippen molar-refractivity contribution in [1.82, 2.24) is 0 Å². The van der Waals surface area contributed by atoms with E-state index in [2.05, 4.69) is 5.32 Å². The third kappa shape index (κ3) is 2.83. The molecule has 14 heavy (non-hydrogen) atoms. The van der Waals surface area contributed by atoms with Crippen molar-refractivity contribution < 1.29 is 9.84 Å². The van der Waals surface area contributed by atoms with Crippen LogP contribution >= 0.6 is 0 Å². The van der Waals surface area contributed by atoms with Gasteiger partial charge in [0.2, 0.25) is 0 Å². The van der Waals surface area contributed by atoms with Crippen molar-refractivity contribution in [2.24, 2.45) is 0 Å². The quantitative estimate of drug-likeness (QED) is 0.762. The van der Waals surface area contributed by atoms with Gasteiger partial charge >= 0.3 is 0 Å². The Morgan fingerprint density at radius 3 is 2.43 bits per heavy atom. The number of benzene rings is 1. The van der Waals surface area contributed by atoms with Gasteiger partial charge in [0.1, 0.15) is 17.1 Å². The predicted octanol–water partition coefficient (Wildman–Crippen LogP) is 2.61. The minimum absolute atomic E-state index is 0.232. The highest BCUT2D eigenvalue weighted by atomic mass is 16.5. The number of hydrogen-bond acceptors (Lipinski definition) is 3. The van der Waals surface area contributed by atoms with Gasteiger partial charge in [-0.15, -0.1) is 0 Å². The molecule has 0 aliphatic heterocycles. The molecule has 0 saturated carbocycles. The molecule has 0 heterocycles. The van der Waals surface area contributed by atoms with E-state index in [1.165, 1.54) is 0 Å². The fraction of sp³-hybridized carbons (Fsp3) is 0.455. The van der Waals surface area contributed by atoms with Crippen LogP contribution in [0.25, 0.3) is 0 Å². The topological polar surface area (TPSA) is 41.5 Å². The van der Waals surface area contributed by atoms with Crippen LogP contribution in [0.5, 0.6) is 11.5 Å². The molecule has 0 aliphatic rings. The van der Waals surface area contributed by atoms with Crippen LogP contribution in [-0.4, -0.2) is 17.8 Å². The normalized spacial score (nSPS) is 11.1. The first kappa shape index (κ1) is 10.7. The molecule has 0 unspecified atom stereocenters. The lowest BCUT2D eigenvalue weighted by molar-refractivity contribution is 0.132. The molecule has 0 saturated heterocycles. The van der Waals surface area contributed by atoms with E-state index in [9.17, 15) is 5.11 Å². The Bertz CT molecular complexity index is 316. The second kappa shape index (κ2) is 3.78. The van der Waals surface area contributed by atoms with E-state index in [0.717, 1.165) is 11.4 Å². The fourth-order valence-electron chi connectivity index (χ4n) is 1.13. The van der Waals surface area contributed by atoms with Crippen LogP contribution in [0, 0.1) is 0 Å². The first-order chi connectivity index (χ1) is 6.42. The number of phenols is 1. The van der Waals surface area contributed by atoms with Gasteiger partial charge in [-0.1, -0.05) is 0 Å². The van der Waals surface area contributed by atoms with Gasteiger partial charge in [0.25, 0.3) is 0 Å². The maximum Gasteiger partial charge on any atom is 0.143 e. The van der Waals surface area contributed by atoms with Crippen LogP contribution in [0.1, 0.15) is 20.8 Å². The zero-order valence-corrected chi connectivity index (χ0v) is 9.09. The molecule has 0 bridgehead atoms. The highest BCUT2D eigenvalue weighted by molar-refractivity contribution is 5.59. The summed E-state index contributed by atoms with van der Waals surface area (Å²) in [5, 5.41) is 12.2. The van der Waals surface area contributed by atoms with E-state index >= 15 is 0 Å². The molecule has 1 rings (SSSR count). The summed E-state index contributed by atoms with van der Waals surface area (Å²) in [4.78, 5) is 0. The molecule has 3 nitrogen and oxygen atoms in total. The van der Waals surface area contributed by atoms with Crippen LogP contribution in [-0.2, 0) is 0 Å². The summed E-state index contributed by atoms with van der Waals surface area (Å²) in [6, 6.07) is 5.01. The van der Waals surface area contributed by atoms with Crippen molar-refractivity contribution in [3.8, 4) is 11.5 Å². The Balaban J connectivity index is 2.97. The van der Waals surface area contributed by atoms with Crippen LogP contribution in [0.3, 0.4) is 0 Å². The number of ether oxygens (including phenoxy) is 1. The fourth-order valence-corrected chi connectivity index (χ4v) is 1.13. The van der Waals surface area contributed by atoms with Gasteiger partial charge in [0, 0.05) is 13.1 Å². The third-order valence-corrected chi connectivity index (χ3v) is 1.65. The maximum atomic E-state index is 9.27. The van der Waals surface area contributed by atoms with Crippen LogP contribution < -0.4 is 10.1 Å². The molecule has 0 radical (unpaired) electrons. The molecule has 2 N–H and O–H groups in total. The van der Waals surface area contributed by atoms with Crippen molar-refractivity contribution >= 4 is 5.69 Å². The van der Waals surface area contributed by atoms with Crippen molar-refractivity contribution in [2.45, 2.75) is 26.4 Å². The van der Waals surface area contributed by atoms with Gasteiger partial charge in [-0.05, 0) is 32.9 Å². The van der Waals surface area contributed by atoms with Gasteiger partial charge in [-0.3, -0.25) is 0 Å². The number of anilines is 1. The lowest BCUT2D eigenvalue weighted by atomic mass is 10.2. The average molecular weight is 195 g/mol. The van der Waals surface area contributed by atoms with Crippen LogP contribution in [0.4, 0.5) is 5.69 Å². The average Bonchev–Trinajstić information content (AvgIpc) is 2.06. The zero-order chi connectivity index (χ0) is 10.8. The molecule has 0 fully saturated rings. The Morgan fingerprint density at radius 2 is 1.93 bits per heavy atom. The number of nitrogens with one attached hydrogen (secondary N) is 1. The Labute approximate surface area is 84.7 Å². The Morgan fingerprint density at radius 1 is 1.29 bits per heavy atom. The second-order valence-corrected chi connectivity index (χ2v) is 4.14. The van der Waals surface area contributed by atoms with Gasteiger partial charge in [0.05, 0.1) is 5.69 Å². The highest BCUT2D eigenvalue weighted by Gasteiger charge is 2.14. The monoisotopic (exact) mass is 195 g/mol. The Kier molecular flexibility index (Phi) is 2.89. The van der Waals surface area contributed by atoms with Crippen molar-refractivity contribution in [3.05, 3.63) is 18.2 Å². The van der Waals surface area contributed by atoms with Gasteiger partial charge < -0.3 is 15.2 Å². The molecular weight excluding hydrogens is 178 g/mol. The third-order valence-electron chi connectivity index (χ3n) is 1.65. The molecule has 1 aromatic carbocycles. The molecule has 3 heteroatoms. The van der Waals surface area contributed by atoms with Crippen molar-refractivity contribution in [3.63, 3.8) is 0 Å². The molecule has 0 aliphatic carbocycles. The number of rotatable bonds is 2. The van der Waals surface area contributed by atoms with Gasteiger partial charge in [-0.25, -0.2) is 0 Å². The summed E-state index contributed by atoms with van der Waals surface area (Å²) in [5.74, 6) is 0.980. The van der Waals surface area contributed by atoms with Crippen molar-refractivity contribution in [2.75, 3.05) is 12.4 Å². The van der Waals surface area contributed by atoms with Gasteiger partial charge in [-0.2, -0.15) is 0 Å². The summed E-state index contributed by atoms with van der Waals surface area (Å²) < 4.78 is 5.71. The van der Waals surface area contributed by atoms with E-state index in [1.54, 1.807) is 25.2 Å². The molecular formula is C11H17NO2. The van der Waals surface area contributed by atoms with Crippen LogP contribution in [0.15, 0.2) is 18.2 Å².